The molecule has 2 aromatic carbocycles. The minimum Gasteiger partial charge on any atom is -0.351 e. The molecule has 2 aromatic rings. The molecule has 0 aliphatic carbocycles. The second-order valence-corrected chi connectivity index (χ2v) is 6.12. The van der Waals surface area contributed by atoms with Gasteiger partial charge >= 0.3 is 0 Å². The van der Waals surface area contributed by atoms with E-state index < -0.39 is 5.82 Å². The topological polar surface area (TPSA) is 35.8 Å². The molecular formula is C13H6Br3FN2. The second-order valence-electron chi connectivity index (χ2n) is 3.62. The molecule has 0 saturated carbocycles. The van der Waals surface area contributed by atoms with Gasteiger partial charge in [0, 0.05) is 8.95 Å². The largest absolute Gasteiger partial charge is 0.351 e. The van der Waals surface area contributed by atoms with E-state index >= 15 is 0 Å². The van der Waals surface area contributed by atoms with Crippen LogP contribution >= 0.6 is 47.8 Å². The summed E-state index contributed by atoms with van der Waals surface area (Å²) in [5.41, 5.74) is 1.27. The molecule has 0 aliphatic rings. The quantitative estimate of drug-likeness (QED) is 0.637. The van der Waals surface area contributed by atoms with Gasteiger partial charge in [0.05, 0.1) is 21.4 Å². The van der Waals surface area contributed by atoms with Crippen molar-refractivity contribution < 1.29 is 4.39 Å². The summed E-state index contributed by atoms with van der Waals surface area (Å²) < 4.78 is 15.9. The third-order valence-corrected chi connectivity index (χ3v) is 4.52. The van der Waals surface area contributed by atoms with Crippen molar-refractivity contribution in [3.8, 4) is 6.07 Å². The molecule has 0 atom stereocenters. The number of hydrogen-bond acceptors (Lipinski definition) is 2. The fourth-order valence-corrected chi connectivity index (χ4v) is 3.12. The molecule has 0 fully saturated rings. The van der Waals surface area contributed by atoms with Gasteiger partial charge in [-0.2, -0.15) is 5.26 Å². The number of rotatable bonds is 2. The molecule has 0 aliphatic heterocycles. The molecule has 0 unspecified atom stereocenters. The Hall–Kier alpha value is -0.900. The van der Waals surface area contributed by atoms with Gasteiger partial charge < -0.3 is 5.32 Å². The number of hydrogen-bond donors (Lipinski definition) is 1. The Balaban J connectivity index is 2.46. The highest BCUT2D eigenvalue weighted by Crippen LogP contribution is 2.35. The van der Waals surface area contributed by atoms with Gasteiger partial charge in [-0.05, 0) is 72.1 Å². The number of nitrogens with one attached hydrogen (secondary N) is 1. The molecule has 1 N–H and O–H groups in total. The monoisotopic (exact) mass is 446 g/mol. The molecule has 96 valence electrons. The van der Waals surface area contributed by atoms with E-state index in [1.807, 2.05) is 24.3 Å². The van der Waals surface area contributed by atoms with Crippen LogP contribution in [0.3, 0.4) is 0 Å². The number of anilines is 2. The molecule has 2 rings (SSSR count). The predicted molar refractivity (Wildman–Crippen MR) is 83.9 cm³/mol. The highest BCUT2D eigenvalue weighted by molar-refractivity contribution is 9.11. The van der Waals surface area contributed by atoms with Crippen molar-refractivity contribution in [1.29, 1.82) is 5.26 Å². The smallest absolute Gasteiger partial charge is 0.162 e. The molecule has 0 heterocycles. The highest BCUT2D eigenvalue weighted by Gasteiger charge is 2.13. The van der Waals surface area contributed by atoms with Crippen molar-refractivity contribution in [2.24, 2.45) is 0 Å². The average Bonchev–Trinajstić information content (AvgIpc) is 2.39. The first-order valence-corrected chi connectivity index (χ1v) is 7.51. The summed E-state index contributed by atoms with van der Waals surface area (Å²) in [5, 5.41) is 11.8. The number of nitrogens with zero attached hydrogens (tertiary/aromatic N) is 1. The summed E-state index contributed by atoms with van der Waals surface area (Å²) in [4.78, 5) is 0. The number of halogens is 4. The first-order chi connectivity index (χ1) is 9.04. The van der Waals surface area contributed by atoms with Crippen LogP contribution in [0, 0.1) is 17.1 Å². The normalized spacial score (nSPS) is 10.1. The van der Waals surface area contributed by atoms with E-state index in [0.29, 0.717) is 5.69 Å². The fourth-order valence-electron chi connectivity index (χ4n) is 1.48. The van der Waals surface area contributed by atoms with Crippen LogP contribution in [-0.4, -0.2) is 0 Å². The Morgan fingerprint density at radius 2 is 1.68 bits per heavy atom. The second kappa shape index (κ2) is 6.04. The summed E-state index contributed by atoms with van der Waals surface area (Å²) in [5.74, 6) is -0.498. The zero-order chi connectivity index (χ0) is 14.0. The summed E-state index contributed by atoms with van der Waals surface area (Å²) in [7, 11) is 0. The van der Waals surface area contributed by atoms with Crippen molar-refractivity contribution >= 4 is 59.2 Å². The van der Waals surface area contributed by atoms with Gasteiger partial charge in [0.1, 0.15) is 6.07 Å². The van der Waals surface area contributed by atoms with E-state index in [2.05, 4.69) is 53.1 Å². The Labute approximate surface area is 135 Å². The number of benzene rings is 2. The lowest BCUT2D eigenvalue weighted by Gasteiger charge is -2.12. The van der Waals surface area contributed by atoms with Crippen molar-refractivity contribution in [2.45, 2.75) is 0 Å². The van der Waals surface area contributed by atoms with Gasteiger partial charge in [0.15, 0.2) is 5.82 Å². The van der Waals surface area contributed by atoms with Crippen LogP contribution in [0.4, 0.5) is 15.8 Å². The lowest BCUT2D eigenvalue weighted by molar-refractivity contribution is 0.624. The number of para-hydroxylation sites is 1. The molecule has 0 saturated heterocycles. The van der Waals surface area contributed by atoms with Crippen molar-refractivity contribution in [2.75, 3.05) is 5.32 Å². The van der Waals surface area contributed by atoms with E-state index in [0.717, 1.165) is 14.6 Å². The Morgan fingerprint density at radius 1 is 1.05 bits per heavy atom. The van der Waals surface area contributed by atoms with Gasteiger partial charge in [0.2, 0.25) is 0 Å². The van der Waals surface area contributed by atoms with Crippen LogP contribution in [0.5, 0.6) is 0 Å². The zero-order valence-electron chi connectivity index (χ0n) is 9.35. The van der Waals surface area contributed by atoms with Crippen LogP contribution in [0.15, 0.2) is 43.7 Å². The van der Waals surface area contributed by atoms with Crippen LogP contribution in [0.1, 0.15) is 5.56 Å². The maximum absolute atomic E-state index is 14.1. The molecule has 19 heavy (non-hydrogen) atoms. The van der Waals surface area contributed by atoms with E-state index in [9.17, 15) is 4.39 Å². The van der Waals surface area contributed by atoms with Crippen LogP contribution in [0.25, 0.3) is 0 Å². The van der Waals surface area contributed by atoms with Gasteiger partial charge in [0.25, 0.3) is 0 Å². The van der Waals surface area contributed by atoms with E-state index in [-0.39, 0.29) is 10.0 Å². The van der Waals surface area contributed by atoms with Crippen LogP contribution in [0.2, 0.25) is 0 Å². The van der Waals surface area contributed by atoms with Gasteiger partial charge in [-0.15, -0.1) is 0 Å². The maximum atomic E-state index is 14.1. The van der Waals surface area contributed by atoms with Gasteiger partial charge in [-0.1, -0.05) is 6.07 Å². The molecule has 0 aromatic heterocycles. The Morgan fingerprint density at radius 3 is 2.26 bits per heavy atom. The van der Waals surface area contributed by atoms with Gasteiger partial charge in [-0.25, -0.2) is 4.39 Å². The zero-order valence-corrected chi connectivity index (χ0v) is 14.1. The van der Waals surface area contributed by atoms with Crippen molar-refractivity contribution in [3.63, 3.8) is 0 Å². The third kappa shape index (κ3) is 2.99. The molecule has 0 spiro atoms. The van der Waals surface area contributed by atoms with Crippen LogP contribution in [-0.2, 0) is 0 Å². The molecular weight excluding hydrogens is 443 g/mol. The minimum absolute atomic E-state index is 0.156. The minimum atomic E-state index is -0.498. The molecule has 6 heteroatoms. The maximum Gasteiger partial charge on any atom is 0.162 e. The first kappa shape index (κ1) is 14.5. The standard InChI is InChI=1S/C13H6Br3FN2/c14-8-2-1-3-9(15)13(8)19-10-5-4-7(6-18)11(16)12(10)17/h1-5,19H. The summed E-state index contributed by atoms with van der Waals surface area (Å²) in [6.45, 7) is 0. The fraction of sp³-hybridized carbons (Fsp3) is 0. The SMILES string of the molecule is N#Cc1ccc(Nc2c(Br)cccc2Br)c(F)c1Br. The summed E-state index contributed by atoms with van der Waals surface area (Å²) in [6.07, 6.45) is 0. The molecule has 2 nitrogen and oxygen atoms in total. The predicted octanol–water partition coefficient (Wildman–Crippen LogP) is 5.73. The van der Waals surface area contributed by atoms with Crippen LogP contribution < -0.4 is 5.32 Å². The van der Waals surface area contributed by atoms with Gasteiger partial charge in [-0.3, -0.25) is 0 Å². The van der Waals surface area contributed by atoms with E-state index in [1.165, 1.54) is 6.07 Å². The molecule has 0 bridgehead atoms. The number of nitriles is 1. The molecule has 0 radical (unpaired) electrons. The van der Waals surface area contributed by atoms with Crippen molar-refractivity contribution in [1.82, 2.24) is 0 Å². The summed E-state index contributed by atoms with van der Waals surface area (Å²) in [6, 6.07) is 10.6. The molecule has 0 amide bonds. The first-order valence-electron chi connectivity index (χ1n) is 5.13. The Bertz CT molecular complexity index is 660. The average molecular weight is 449 g/mol. The van der Waals surface area contributed by atoms with Crippen molar-refractivity contribution in [3.05, 3.63) is 55.1 Å². The highest BCUT2D eigenvalue weighted by atomic mass is 79.9. The van der Waals surface area contributed by atoms with E-state index in [1.54, 1.807) is 6.07 Å². The third-order valence-electron chi connectivity index (χ3n) is 2.43. The lowest BCUT2D eigenvalue weighted by Crippen LogP contribution is -1.97. The van der Waals surface area contributed by atoms with E-state index in [4.69, 9.17) is 5.26 Å². The Kier molecular flexibility index (Phi) is 4.61. The lowest BCUT2D eigenvalue weighted by atomic mass is 10.2. The summed E-state index contributed by atoms with van der Waals surface area (Å²) >= 11 is 9.87.